The number of nitrogens with zero attached hydrogens (tertiary/aromatic N) is 3. The van der Waals surface area contributed by atoms with Crippen LogP contribution in [0, 0.1) is 11.8 Å². The number of amides is 1. The van der Waals surface area contributed by atoms with Gasteiger partial charge in [0.15, 0.2) is 0 Å². The molecular formula is C8H12N4O3. The average Bonchev–Trinajstić information content (AvgIpc) is 2.12. The van der Waals surface area contributed by atoms with Crippen molar-refractivity contribution in [3.05, 3.63) is 10.4 Å². The maximum absolute atomic E-state index is 11.2. The quantitative estimate of drug-likeness (QED) is 0.306. The third-order valence-electron chi connectivity index (χ3n) is 2.68. The van der Waals surface area contributed by atoms with Gasteiger partial charge in [-0.2, -0.15) is 0 Å². The van der Waals surface area contributed by atoms with Crippen molar-refractivity contribution >= 4 is 11.9 Å². The van der Waals surface area contributed by atoms with E-state index in [1.165, 1.54) is 6.92 Å². The van der Waals surface area contributed by atoms with Crippen LogP contribution < -0.4 is 5.32 Å². The first-order chi connectivity index (χ1) is 6.99. The summed E-state index contributed by atoms with van der Waals surface area (Å²) < 4.78 is 0. The van der Waals surface area contributed by atoms with Crippen molar-refractivity contribution in [1.29, 1.82) is 0 Å². The Balaban J connectivity index is 2.74. The number of carboxylic acid groups (broad SMARTS) is 1. The molecule has 1 heterocycles. The second-order valence-electron chi connectivity index (χ2n) is 3.63. The number of carbonyl (C=O) groups is 2. The highest BCUT2D eigenvalue weighted by Crippen LogP contribution is 2.27. The fourth-order valence-electron chi connectivity index (χ4n) is 1.68. The first-order valence-corrected chi connectivity index (χ1v) is 4.56. The van der Waals surface area contributed by atoms with E-state index in [-0.39, 0.29) is 5.91 Å². The fraction of sp³-hybridized carbons (Fsp3) is 0.750. The lowest BCUT2D eigenvalue weighted by atomic mass is 9.78. The number of rotatable bonds is 4. The molecule has 0 aromatic carbocycles. The lowest BCUT2D eigenvalue weighted by molar-refractivity contribution is -0.148. The number of nitrogens with one attached hydrogen (secondary N) is 1. The second kappa shape index (κ2) is 4.18. The summed E-state index contributed by atoms with van der Waals surface area (Å²) in [6.07, 6.45) is 0. The molecule has 0 aliphatic carbocycles. The highest BCUT2D eigenvalue weighted by molar-refractivity contribution is 5.88. The molecule has 0 saturated carbocycles. The number of aliphatic carboxylic acids is 1. The van der Waals surface area contributed by atoms with E-state index in [1.807, 2.05) is 0 Å². The predicted octanol–water partition coefficient (Wildman–Crippen LogP) is 0.520. The molecule has 0 aromatic rings. The van der Waals surface area contributed by atoms with Gasteiger partial charge in [-0.15, -0.1) is 0 Å². The van der Waals surface area contributed by atoms with Crippen molar-refractivity contribution in [2.24, 2.45) is 17.0 Å². The molecular weight excluding hydrogens is 200 g/mol. The van der Waals surface area contributed by atoms with Crippen LogP contribution in [0.25, 0.3) is 10.4 Å². The maximum Gasteiger partial charge on any atom is 0.308 e. The van der Waals surface area contributed by atoms with Crippen LogP contribution >= 0.6 is 0 Å². The average molecular weight is 212 g/mol. The Labute approximate surface area is 86.1 Å². The first-order valence-electron chi connectivity index (χ1n) is 4.56. The van der Waals surface area contributed by atoms with E-state index in [9.17, 15) is 9.59 Å². The second-order valence-corrected chi connectivity index (χ2v) is 3.63. The van der Waals surface area contributed by atoms with Crippen LogP contribution in [-0.2, 0) is 9.59 Å². The maximum atomic E-state index is 11.2. The number of azide groups is 1. The van der Waals surface area contributed by atoms with Crippen molar-refractivity contribution in [3.8, 4) is 0 Å². The van der Waals surface area contributed by atoms with Crippen molar-refractivity contribution in [1.82, 2.24) is 5.32 Å². The summed E-state index contributed by atoms with van der Waals surface area (Å²) in [5.41, 5.74) is 8.24. The summed E-state index contributed by atoms with van der Waals surface area (Å²) in [5.74, 6) is -2.44. The van der Waals surface area contributed by atoms with Crippen LogP contribution in [0.3, 0.4) is 0 Å². The third kappa shape index (κ3) is 2.02. The zero-order valence-electron chi connectivity index (χ0n) is 8.41. The summed E-state index contributed by atoms with van der Waals surface area (Å²) in [7, 11) is 0. The number of β-lactam (4-membered cyclic amide) rings is 1. The van der Waals surface area contributed by atoms with Crippen molar-refractivity contribution in [2.45, 2.75) is 25.9 Å². The zero-order valence-corrected chi connectivity index (χ0v) is 8.41. The van der Waals surface area contributed by atoms with Gasteiger partial charge in [0.1, 0.15) is 0 Å². The van der Waals surface area contributed by atoms with Crippen LogP contribution in [0.2, 0.25) is 0 Å². The number of carboxylic acids is 1. The van der Waals surface area contributed by atoms with E-state index in [0.29, 0.717) is 0 Å². The molecule has 82 valence electrons. The SMILES string of the molecule is CC(C(=O)O)[C@H]1NC(=O)[C@H]1[C@@H](C)N=[N+]=[N-]. The molecule has 0 radical (unpaired) electrons. The van der Waals surface area contributed by atoms with E-state index >= 15 is 0 Å². The lowest BCUT2D eigenvalue weighted by Crippen LogP contribution is -2.65. The van der Waals surface area contributed by atoms with E-state index in [1.54, 1.807) is 6.92 Å². The van der Waals surface area contributed by atoms with Crippen LogP contribution in [0.4, 0.5) is 0 Å². The Morgan fingerprint density at radius 1 is 1.67 bits per heavy atom. The van der Waals surface area contributed by atoms with Crippen LogP contribution in [0.5, 0.6) is 0 Å². The monoisotopic (exact) mass is 212 g/mol. The van der Waals surface area contributed by atoms with Gasteiger partial charge >= 0.3 is 5.97 Å². The van der Waals surface area contributed by atoms with Crippen molar-refractivity contribution in [3.63, 3.8) is 0 Å². The van der Waals surface area contributed by atoms with Crippen molar-refractivity contribution < 1.29 is 14.7 Å². The first kappa shape index (κ1) is 11.3. The Bertz CT molecular complexity index is 337. The Kier molecular flexibility index (Phi) is 3.16. The fourth-order valence-corrected chi connectivity index (χ4v) is 1.68. The molecule has 1 saturated heterocycles. The van der Waals surface area contributed by atoms with Gasteiger partial charge in [0.2, 0.25) is 5.91 Å². The molecule has 1 fully saturated rings. The molecule has 0 aromatic heterocycles. The molecule has 0 spiro atoms. The largest absolute Gasteiger partial charge is 0.481 e. The molecule has 4 atom stereocenters. The van der Waals surface area contributed by atoms with Gasteiger partial charge in [-0.1, -0.05) is 12.0 Å². The molecule has 1 amide bonds. The van der Waals surface area contributed by atoms with Gasteiger partial charge in [-0.25, -0.2) is 0 Å². The van der Waals surface area contributed by atoms with Gasteiger partial charge in [0.25, 0.3) is 0 Å². The minimum absolute atomic E-state index is 0.256. The molecule has 7 heteroatoms. The summed E-state index contributed by atoms with van der Waals surface area (Å²) in [6, 6.07) is -0.967. The van der Waals surface area contributed by atoms with E-state index < -0.39 is 29.9 Å². The molecule has 2 N–H and O–H groups in total. The summed E-state index contributed by atoms with van der Waals surface area (Å²) in [4.78, 5) is 24.5. The van der Waals surface area contributed by atoms with Crippen molar-refractivity contribution in [2.75, 3.05) is 0 Å². The third-order valence-corrected chi connectivity index (χ3v) is 2.68. The molecule has 1 aliphatic heterocycles. The van der Waals surface area contributed by atoms with E-state index in [0.717, 1.165) is 0 Å². The molecule has 1 aliphatic rings. The standard InChI is InChI=1S/C8H12N4O3/c1-3(8(14)15)6-5(7(13)10-6)4(2)11-12-9/h3-6H,1-2H3,(H,10,13)(H,14,15)/t3?,4-,5+,6-/m1/s1. The Morgan fingerprint density at radius 3 is 2.67 bits per heavy atom. The van der Waals surface area contributed by atoms with Gasteiger partial charge < -0.3 is 10.4 Å². The smallest absolute Gasteiger partial charge is 0.308 e. The minimum atomic E-state index is -0.974. The summed E-state index contributed by atoms with van der Waals surface area (Å²) in [6.45, 7) is 3.12. The van der Waals surface area contributed by atoms with Crippen LogP contribution in [0.15, 0.2) is 5.11 Å². The minimum Gasteiger partial charge on any atom is -0.481 e. The normalized spacial score (nSPS) is 28.0. The van der Waals surface area contributed by atoms with Gasteiger partial charge in [0.05, 0.1) is 17.9 Å². The Hall–Kier alpha value is -1.75. The highest BCUT2D eigenvalue weighted by atomic mass is 16.4. The van der Waals surface area contributed by atoms with Gasteiger partial charge in [0, 0.05) is 11.0 Å². The van der Waals surface area contributed by atoms with Gasteiger partial charge in [-0.05, 0) is 12.5 Å². The predicted molar refractivity (Wildman–Crippen MR) is 50.8 cm³/mol. The van der Waals surface area contributed by atoms with E-state index in [4.69, 9.17) is 10.6 Å². The summed E-state index contributed by atoms with van der Waals surface area (Å²) in [5, 5.41) is 14.7. The number of hydrogen-bond donors (Lipinski definition) is 2. The van der Waals surface area contributed by atoms with Crippen LogP contribution in [0.1, 0.15) is 13.8 Å². The molecule has 1 unspecified atom stereocenters. The summed E-state index contributed by atoms with van der Waals surface area (Å²) >= 11 is 0. The molecule has 0 bridgehead atoms. The Morgan fingerprint density at radius 2 is 2.27 bits per heavy atom. The topological polar surface area (TPSA) is 115 Å². The van der Waals surface area contributed by atoms with Crippen LogP contribution in [-0.4, -0.2) is 29.1 Å². The highest BCUT2D eigenvalue weighted by Gasteiger charge is 2.47. The van der Waals surface area contributed by atoms with Gasteiger partial charge in [-0.3, -0.25) is 9.59 Å². The molecule has 15 heavy (non-hydrogen) atoms. The van der Waals surface area contributed by atoms with E-state index in [2.05, 4.69) is 15.3 Å². The molecule has 1 rings (SSSR count). The number of hydrogen-bond acceptors (Lipinski definition) is 3. The number of carbonyl (C=O) groups excluding carboxylic acids is 1. The zero-order chi connectivity index (χ0) is 11.6. The lowest BCUT2D eigenvalue weighted by Gasteiger charge is -2.41. The molecule has 7 nitrogen and oxygen atoms in total.